The van der Waals surface area contributed by atoms with E-state index in [-0.39, 0.29) is 22.4 Å². The van der Waals surface area contributed by atoms with Crippen LogP contribution in [0.1, 0.15) is 49.0 Å². The van der Waals surface area contributed by atoms with Crippen molar-refractivity contribution in [3.63, 3.8) is 0 Å². The quantitative estimate of drug-likeness (QED) is 0.762. The Morgan fingerprint density at radius 1 is 1.29 bits per heavy atom. The molecule has 1 N–H and O–H groups in total. The van der Waals surface area contributed by atoms with Crippen LogP contribution >= 0.6 is 0 Å². The zero-order valence-electron chi connectivity index (χ0n) is 17.9. The highest BCUT2D eigenvalue weighted by molar-refractivity contribution is 7.89. The van der Waals surface area contributed by atoms with Crippen LogP contribution in [0.2, 0.25) is 0 Å². The third-order valence-electron chi connectivity index (χ3n) is 6.19. The summed E-state index contributed by atoms with van der Waals surface area (Å²) in [6, 6.07) is 4.95. The van der Waals surface area contributed by atoms with Crippen molar-refractivity contribution in [3.05, 3.63) is 41.7 Å². The van der Waals surface area contributed by atoms with Gasteiger partial charge in [0.05, 0.1) is 28.9 Å². The van der Waals surface area contributed by atoms with E-state index in [1.165, 1.54) is 6.07 Å². The number of aromatic nitrogens is 2. The van der Waals surface area contributed by atoms with Gasteiger partial charge in [-0.1, -0.05) is 0 Å². The van der Waals surface area contributed by atoms with Crippen LogP contribution in [0.5, 0.6) is 0 Å². The number of anilines is 1. The normalized spacial score (nSPS) is 22.1. The van der Waals surface area contributed by atoms with Crippen LogP contribution in [0.3, 0.4) is 0 Å². The number of guanidine groups is 1. The third-order valence-corrected chi connectivity index (χ3v) is 7.83. The van der Waals surface area contributed by atoms with Gasteiger partial charge in [-0.2, -0.15) is 5.10 Å². The fourth-order valence-electron chi connectivity index (χ4n) is 4.17. The minimum absolute atomic E-state index is 0.110. The van der Waals surface area contributed by atoms with Crippen molar-refractivity contribution >= 4 is 27.6 Å². The van der Waals surface area contributed by atoms with Gasteiger partial charge in [0.15, 0.2) is 0 Å². The smallest absolute Gasteiger partial charge is 0.263 e. The van der Waals surface area contributed by atoms with Crippen molar-refractivity contribution in [1.29, 1.82) is 0 Å². The Morgan fingerprint density at radius 3 is 2.74 bits per heavy atom. The Balaban J connectivity index is 1.57. The number of hydrogen-bond donors (Lipinski definition) is 1. The first-order valence-corrected chi connectivity index (χ1v) is 12.0. The first-order valence-electron chi connectivity index (χ1n) is 10.5. The average molecular weight is 443 g/mol. The molecule has 2 aliphatic heterocycles. The molecule has 1 aliphatic carbocycles. The van der Waals surface area contributed by atoms with Gasteiger partial charge >= 0.3 is 0 Å². The number of sulfonamides is 1. The van der Waals surface area contributed by atoms with Crippen LogP contribution in [0.15, 0.2) is 40.5 Å². The molecule has 5 rings (SSSR count). The molecule has 1 atom stereocenters. The van der Waals surface area contributed by atoms with E-state index in [1.807, 2.05) is 25.1 Å². The second-order valence-corrected chi connectivity index (χ2v) is 10.6. The topological polar surface area (TPSA) is 99.9 Å². The molecule has 0 unspecified atom stereocenters. The maximum atomic E-state index is 13.5. The van der Waals surface area contributed by atoms with E-state index < -0.39 is 10.0 Å². The molecule has 1 fully saturated rings. The lowest BCUT2D eigenvalue weighted by atomic mass is 10.0. The highest BCUT2D eigenvalue weighted by atomic mass is 32.2. The van der Waals surface area contributed by atoms with Gasteiger partial charge in [-0.25, -0.2) is 13.1 Å². The molecular weight excluding hydrogens is 416 g/mol. The second-order valence-electron chi connectivity index (χ2n) is 8.95. The monoisotopic (exact) mass is 442 g/mol. The first kappa shape index (κ1) is 20.2. The SMILES string of the molecule is C[C@H]1CCN=C2N(Cc3cnn(C)c3)C(=O)c3cc(S(=O)(=O)NC4(C)CC4)ccc3N21. The standard InChI is InChI=1S/C21H26N6O3S/c1-14-6-9-22-20-26(13-15-11-23-25(3)12-15)19(28)17-10-16(4-5-18(17)27(14)20)31(29,30)24-21(2)7-8-21/h4-5,10-12,14,24H,6-9,13H2,1-3H3/t14-/m0/s1. The van der Waals surface area contributed by atoms with Gasteiger partial charge in [0.25, 0.3) is 5.91 Å². The maximum absolute atomic E-state index is 13.5. The van der Waals surface area contributed by atoms with Crippen LogP contribution in [0.25, 0.3) is 0 Å². The number of hydrogen-bond acceptors (Lipinski definition) is 6. The molecule has 0 saturated heterocycles. The largest absolute Gasteiger partial charge is 0.309 e. The number of benzene rings is 1. The number of carbonyl (C=O) groups excluding carboxylic acids is 1. The van der Waals surface area contributed by atoms with E-state index in [0.717, 1.165) is 24.8 Å². The van der Waals surface area contributed by atoms with E-state index in [0.29, 0.717) is 30.3 Å². The lowest BCUT2D eigenvalue weighted by Gasteiger charge is -2.44. The minimum atomic E-state index is -3.71. The summed E-state index contributed by atoms with van der Waals surface area (Å²) in [5, 5.41) is 4.19. The molecule has 3 aliphatic rings. The summed E-state index contributed by atoms with van der Waals surface area (Å²) in [6.45, 7) is 4.95. The lowest BCUT2D eigenvalue weighted by molar-refractivity contribution is 0.0829. The number of nitrogens with one attached hydrogen (secondary N) is 1. The number of amides is 1. The molecule has 9 nitrogen and oxygen atoms in total. The molecule has 10 heteroatoms. The van der Waals surface area contributed by atoms with Crippen LogP contribution < -0.4 is 9.62 Å². The van der Waals surface area contributed by atoms with E-state index in [9.17, 15) is 13.2 Å². The number of aryl methyl sites for hydroxylation is 1. The molecule has 0 spiro atoms. The Bertz CT molecular complexity index is 1200. The van der Waals surface area contributed by atoms with Crippen LogP contribution in [-0.4, -0.2) is 53.1 Å². The summed E-state index contributed by atoms with van der Waals surface area (Å²) in [5.41, 5.74) is 1.58. The predicted octanol–water partition coefficient (Wildman–Crippen LogP) is 1.86. The zero-order valence-corrected chi connectivity index (χ0v) is 18.7. The molecule has 31 heavy (non-hydrogen) atoms. The molecule has 0 radical (unpaired) electrons. The summed E-state index contributed by atoms with van der Waals surface area (Å²) in [6.07, 6.45) is 6.08. The van der Waals surface area contributed by atoms with Gasteiger partial charge in [0.1, 0.15) is 0 Å². The Kier molecular flexibility index (Phi) is 4.49. The summed E-state index contributed by atoms with van der Waals surface area (Å²) in [4.78, 5) is 22.0. The highest BCUT2D eigenvalue weighted by Crippen LogP contribution is 2.38. The average Bonchev–Trinajstić information content (AvgIpc) is 3.28. The van der Waals surface area contributed by atoms with E-state index in [4.69, 9.17) is 0 Å². The van der Waals surface area contributed by atoms with Gasteiger partial charge < -0.3 is 4.90 Å². The van der Waals surface area contributed by atoms with Gasteiger partial charge in [0, 0.05) is 36.9 Å². The lowest BCUT2D eigenvalue weighted by Crippen LogP contribution is -2.56. The molecular formula is C21H26N6O3S. The number of fused-ring (bicyclic) bond motifs is 3. The summed E-state index contributed by atoms with van der Waals surface area (Å²) >= 11 is 0. The van der Waals surface area contributed by atoms with Gasteiger partial charge in [-0.15, -0.1) is 0 Å². The fourth-order valence-corrected chi connectivity index (χ4v) is 5.66. The molecule has 2 aromatic rings. The number of aliphatic imine (C=N–C) groups is 1. The molecule has 1 aromatic carbocycles. The number of carbonyl (C=O) groups is 1. The summed E-state index contributed by atoms with van der Waals surface area (Å²) in [5.74, 6) is 0.358. The fraction of sp³-hybridized carbons (Fsp3) is 0.476. The Morgan fingerprint density at radius 2 is 2.06 bits per heavy atom. The van der Waals surface area contributed by atoms with Crippen LogP contribution in [-0.2, 0) is 23.6 Å². The number of nitrogens with zero attached hydrogens (tertiary/aromatic N) is 5. The highest BCUT2D eigenvalue weighted by Gasteiger charge is 2.43. The van der Waals surface area contributed by atoms with Crippen molar-refractivity contribution in [2.24, 2.45) is 12.0 Å². The van der Waals surface area contributed by atoms with Crippen LogP contribution in [0.4, 0.5) is 5.69 Å². The zero-order chi connectivity index (χ0) is 22.0. The molecule has 1 saturated carbocycles. The predicted molar refractivity (Wildman–Crippen MR) is 116 cm³/mol. The van der Waals surface area contributed by atoms with Crippen LogP contribution in [0, 0.1) is 0 Å². The second kappa shape index (κ2) is 6.89. The third kappa shape index (κ3) is 3.53. The molecule has 3 heterocycles. The van der Waals surface area contributed by atoms with Gasteiger partial charge in [-0.3, -0.25) is 19.4 Å². The maximum Gasteiger partial charge on any atom is 0.263 e. The molecule has 1 amide bonds. The van der Waals surface area contributed by atoms with E-state index in [2.05, 4.69) is 21.7 Å². The summed E-state index contributed by atoms with van der Waals surface area (Å²) in [7, 11) is -1.88. The molecule has 164 valence electrons. The molecule has 0 bridgehead atoms. The Labute approximate surface area is 181 Å². The van der Waals surface area contributed by atoms with Crippen molar-refractivity contribution in [2.45, 2.75) is 56.1 Å². The van der Waals surface area contributed by atoms with E-state index >= 15 is 0 Å². The van der Waals surface area contributed by atoms with Crippen molar-refractivity contribution in [3.8, 4) is 0 Å². The van der Waals surface area contributed by atoms with Crippen molar-refractivity contribution in [2.75, 3.05) is 11.4 Å². The Hall–Kier alpha value is -2.72. The van der Waals surface area contributed by atoms with Gasteiger partial charge in [0.2, 0.25) is 16.0 Å². The first-order chi connectivity index (χ1) is 14.7. The number of rotatable bonds is 5. The minimum Gasteiger partial charge on any atom is -0.309 e. The van der Waals surface area contributed by atoms with Crippen molar-refractivity contribution in [1.82, 2.24) is 19.4 Å². The van der Waals surface area contributed by atoms with Crippen molar-refractivity contribution < 1.29 is 13.2 Å². The molecule has 1 aromatic heterocycles. The van der Waals surface area contributed by atoms with Gasteiger partial charge in [-0.05, 0) is 51.3 Å². The van der Waals surface area contributed by atoms with E-state index in [1.54, 1.807) is 27.9 Å². The summed E-state index contributed by atoms with van der Waals surface area (Å²) < 4.78 is 30.3.